The minimum absolute atomic E-state index is 0.313. The van der Waals surface area contributed by atoms with Gasteiger partial charge in [-0.1, -0.05) is 19.9 Å². The molecule has 0 unspecified atom stereocenters. The molecule has 1 heterocycles. The summed E-state index contributed by atoms with van der Waals surface area (Å²) in [7, 11) is 4.24. The Morgan fingerprint density at radius 3 is 2.65 bits per heavy atom. The lowest BCUT2D eigenvalue weighted by molar-refractivity contribution is 0.233. The van der Waals surface area contributed by atoms with Crippen molar-refractivity contribution in [2.45, 2.75) is 20.3 Å². The lowest BCUT2D eigenvalue weighted by atomic mass is 9.93. The molecule has 0 aliphatic rings. The fraction of sp³-hybridized carbons (Fsp3) is 0.643. The molecule has 1 aromatic heterocycles. The van der Waals surface area contributed by atoms with Gasteiger partial charge in [0.2, 0.25) is 0 Å². The Kier molecular flexibility index (Phi) is 5.59. The number of rotatable bonds is 7. The van der Waals surface area contributed by atoms with Crippen LogP contribution in [0.2, 0.25) is 0 Å². The van der Waals surface area contributed by atoms with Crippen LogP contribution in [-0.2, 0) is 6.42 Å². The molecule has 0 atom stereocenters. The van der Waals surface area contributed by atoms with Crippen molar-refractivity contribution in [1.82, 2.24) is 15.2 Å². The van der Waals surface area contributed by atoms with Gasteiger partial charge in [-0.2, -0.15) is 0 Å². The maximum absolute atomic E-state index is 4.31. The summed E-state index contributed by atoms with van der Waals surface area (Å²) in [4.78, 5) is 6.55. The molecule has 0 spiro atoms. The highest BCUT2D eigenvalue weighted by Crippen LogP contribution is 2.13. The monoisotopic (exact) mass is 235 g/mol. The van der Waals surface area contributed by atoms with Gasteiger partial charge in [0.05, 0.1) is 0 Å². The number of aromatic nitrogens is 1. The lowest BCUT2D eigenvalue weighted by Gasteiger charge is -2.28. The zero-order valence-electron chi connectivity index (χ0n) is 11.5. The van der Waals surface area contributed by atoms with Crippen molar-refractivity contribution in [2.75, 3.05) is 33.7 Å². The Hall–Kier alpha value is -0.930. The van der Waals surface area contributed by atoms with E-state index in [2.05, 4.69) is 49.2 Å². The van der Waals surface area contributed by atoms with Crippen LogP contribution in [0.25, 0.3) is 0 Å². The van der Waals surface area contributed by atoms with E-state index in [4.69, 9.17) is 0 Å². The summed E-state index contributed by atoms with van der Waals surface area (Å²) in [5.74, 6) is 0. The van der Waals surface area contributed by atoms with E-state index in [9.17, 15) is 0 Å². The molecule has 0 aliphatic carbocycles. The van der Waals surface area contributed by atoms with Crippen LogP contribution < -0.4 is 5.32 Å². The van der Waals surface area contributed by atoms with Gasteiger partial charge in [0.25, 0.3) is 0 Å². The van der Waals surface area contributed by atoms with Crippen molar-refractivity contribution in [3.8, 4) is 0 Å². The van der Waals surface area contributed by atoms with Gasteiger partial charge in [-0.15, -0.1) is 0 Å². The number of nitrogens with one attached hydrogen (secondary N) is 1. The third-order valence-corrected chi connectivity index (χ3v) is 2.63. The number of nitrogens with zero attached hydrogens (tertiary/aromatic N) is 2. The van der Waals surface area contributed by atoms with Crippen LogP contribution in [0.4, 0.5) is 0 Å². The molecule has 0 saturated heterocycles. The Labute approximate surface area is 105 Å². The van der Waals surface area contributed by atoms with Gasteiger partial charge in [0.1, 0.15) is 0 Å². The largest absolute Gasteiger partial charge is 0.316 e. The highest BCUT2D eigenvalue weighted by Gasteiger charge is 2.17. The molecule has 96 valence electrons. The van der Waals surface area contributed by atoms with E-state index in [1.807, 2.05) is 18.3 Å². The molecule has 0 bridgehead atoms. The molecular formula is C14H25N3. The van der Waals surface area contributed by atoms with E-state index in [1.165, 1.54) is 0 Å². The Bertz CT molecular complexity index is 307. The van der Waals surface area contributed by atoms with E-state index >= 15 is 0 Å². The van der Waals surface area contributed by atoms with Crippen molar-refractivity contribution < 1.29 is 0 Å². The summed E-state index contributed by atoms with van der Waals surface area (Å²) >= 11 is 0. The van der Waals surface area contributed by atoms with Crippen molar-refractivity contribution in [3.63, 3.8) is 0 Å². The van der Waals surface area contributed by atoms with Gasteiger partial charge in [0.15, 0.2) is 0 Å². The van der Waals surface area contributed by atoms with Gasteiger partial charge < -0.3 is 10.2 Å². The molecule has 0 fully saturated rings. The van der Waals surface area contributed by atoms with Crippen molar-refractivity contribution >= 4 is 0 Å². The Balaban J connectivity index is 2.20. The van der Waals surface area contributed by atoms with Crippen LogP contribution in [0, 0.1) is 5.41 Å². The van der Waals surface area contributed by atoms with Crippen LogP contribution in [0.3, 0.4) is 0 Å². The second-order valence-corrected chi connectivity index (χ2v) is 5.65. The summed E-state index contributed by atoms with van der Waals surface area (Å²) in [6.45, 7) is 7.72. The molecule has 0 aliphatic heterocycles. The minimum atomic E-state index is 0.313. The molecule has 0 aromatic carbocycles. The molecule has 3 heteroatoms. The lowest BCUT2D eigenvalue weighted by Crippen LogP contribution is -2.38. The predicted octanol–water partition coefficient (Wildman–Crippen LogP) is 1.80. The molecule has 0 amide bonds. The predicted molar refractivity (Wildman–Crippen MR) is 73.1 cm³/mol. The molecule has 1 aromatic rings. The third-order valence-electron chi connectivity index (χ3n) is 2.63. The molecule has 1 rings (SSSR count). The molecule has 3 nitrogen and oxygen atoms in total. The first-order valence-electron chi connectivity index (χ1n) is 6.25. The number of hydrogen-bond acceptors (Lipinski definition) is 3. The van der Waals surface area contributed by atoms with Crippen LogP contribution >= 0.6 is 0 Å². The van der Waals surface area contributed by atoms with E-state index in [0.29, 0.717) is 5.41 Å². The Morgan fingerprint density at radius 2 is 2.06 bits per heavy atom. The van der Waals surface area contributed by atoms with Gasteiger partial charge in [-0.3, -0.25) is 4.98 Å². The average Bonchev–Trinajstić information content (AvgIpc) is 2.24. The molecule has 1 N–H and O–H groups in total. The summed E-state index contributed by atoms with van der Waals surface area (Å²) < 4.78 is 0. The first kappa shape index (κ1) is 14.1. The van der Waals surface area contributed by atoms with Crippen LogP contribution in [-0.4, -0.2) is 43.6 Å². The number of pyridine rings is 1. The van der Waals surface area contributed by atoms with Gasteiger partial charge in [0, 0.05) is 37.9 Å². The Morgan fingerprint density at radius 1 is 1.29 bits per heavy atom. The van der Waals surface area contributed by atoms with Gasteiger partial charge in [-0.25, -0.2) is 0 Å². The smallest absolute Gasteiger partial charge is 0.0416 e. The maximum Gasteiger partial charge on any atom is 0.0416 e. The quantitative estimate of drug-likeness (QED) is 0.731. The summed E-state index contributed by atoms with van der Waals surface area (Å²) in [5.41, 5.74) is 1.47. The van der Waals surface area contributed by atoms with Crippen molar-refractivity contribution in [1.29, 1.82) is 0 Å². The fourth-order valence-electron chi connectivity index (χ4n) is 2.10. The van der Waals surface area contributed by atoms with Crippen molar-refractivity contribution in [3.05, 3.63) is 30.1 Å². The maximum atomic E-state index is 4.31. The summed E-state index contributed by atoms with van der Waals surface area (Å²) in [6.07, 6.45) is 2.85. The standard InChI is InChI=1S/C14H25N3/c1-14(2,12-17(3)4)11-15-10-8-13-7-5-6-9-16-13/h5-7,9,15H,8,10-12H2,1-4H3. The molecule has 17 heavy (non-hydrogen) atoms. The second kappa shape index (κ2) is 6.72. The summed E-state index contributed by atoms with van der Waals surface area (Å²) in [5, 5.41) is 3.51. The van der Waals surface area contributed by atoms with Gasteiger partial charge in [-0.05, 0) is 31.6 Å². The molecule has 0 saturated carbocycles. The normalized spacial score (nSPS) is 12.1. The van der Waals surface area contributed by atoms with E-state index in [1.54, 1.807) is 0 Å². The minimum Gasteiger partial charge on any atom is -0.316 e. The zero-order chi connectivity index (χ0) is 12.7. The topological polar surface area (TPSA) is 28.2 Å². The van der Waals surface area contributed by atoms with E-state index < -0.39 is 0 Å². The van der Waals surface area contributed by atoms with Crippen LogP contribution in [0.1, 0.15) is 19.5 Å². The van der Waals surface area contributed by atoms with E-state index in [-0.39, 0.29) is 0 Å². The highest BCUT2D eigenvalue weighted by atomic mass is 15.1. The average molecular weight is 235 g/mol. The van der Waals surface area contributed by atoms with Crippen LogP contribution in [0.15, 0.2) is 24.4 Å². The first-order valence-corrected chi connectivity index (χ1v) is 6.25. The highest BCUT2D eigenvalue weighted by molar-refractivity contribution is 5.03. The zero-order valence-corrected chi connectivity index (χ0v) is 11.5. The van der Waals surface area contributed by atoms with Crippen LogP contribution in [0.5, 0.6) is 0 Å². The first-order chi connectivity index (χ1) is 7.99. The fourth-order valence-corrected chi connectivity index (χ4v) is 2.10. The second-order valence-electron chi connectivity index (χ2n) is 5.65. The molecule has 0 radical (unpaired) electrons. The van der Waals surface area contributed by atoms with Gasteiger partial charge >= 0.3 is 0 Å². The SMILES string of the molecule is CN(C)CC(C)(C)CNCCc1ccccn1. The number of hydrogen-bond donors (Lipinski definition) is 1. The molecular weight excluding hydrogens is 210 g/mol. The van der Waals surface area contributed by atoms with Crippen molar-refractivity contribution in [2.24, 2.45) is 5.41 Å². The van der Waals surface area contributed by atoms with E-state index in [0.717, 1.165) is 31.7 Å². The summed E-state index contributed by atoms with van der Waals surface area (Å²) in [6, 6.07) is 6.07. The third kappa shape index (κ3) is 6.39.